The summed E-state index contributed by atoms with van der Waals surface area (Å²) in [6.07, 6.45) is 0.790. The van der Waals surface area contributed by atoms with Gasteiger partial charge in [-0.2, -0.15) is 0 Å². The molecule has 3 atom stereocenters. The molecule has 1 aromatic rings. The molecule has 3 N–H and O–H groups in total. The fourth-order valence-electron chi connectivity index (χ4n) is 4.13. The third-order valence-electron chi connectivity index (χ3n) is 5.47. The number of benzene rings is 1. The lowest BCUT2D eigenvalue weighted by Gasteiger charge is -2.29. The lowest BCUT2D eigenvalue weighted by Crippen LogP contribution is -2.54. The molecule has 2 aliphatic rings. The maximum Gasteiger partial charge on any atom is 0.408 e. The van der Waals surface area contributed by atoms with E-state index >= 15 is 0 Å². The molecule has 0 heterocycles. The van der Waals surface area contributed by atoms with Crippen LogP contribution in [0.1, 0.15) is 51.7 Å². The van der Waals surface area contributed by atoms with Crippen molar-refractivity contribution in [3.05, 3.63) is 35.4 Å². The Morgan fingerprint density at radius 1 is 1.18 bits per heavy atom. The number of amides is 1. The highest BCUT2D eigenvalue weighted by Gasteiger charge is 2.54. The van der Waals surface area contributed by atoms with E-state index in [4.69, 9.17) is 4.74 Å². The number of nitrogens with zero attached hydrogens (tertiary/aromatic N) is 1. The highest BCUT2D eigenvalue weighted by molar-refractivity contribution is 5.80. The van der Waals surface area contributed by atoms with Gasteiger partial charge in [-0.15, -0.1) is 0 Å². The van der Waals surface area contributed by atoms with Gasteiger partial charge in [-0.05, 0) is 69.9 Å². The van der Waals surface area contributed by atoms with Crippen molar-refractivity contribution in [1.82, 2.24) is 16.0 Å². The Bertz CT molecular complexity index is 751. The summed E-state index contributed by atoms with van der Waals surface area (Å²) in [4.78, 5) is 16.3. The molecule has 1 fully saturated rings. The van der Waals surface area contributed by atoms with Crippen LogP contribution in [0.2, 0.25) is 0 Å². The molecule has 2 aliphatic carbocycles. The normalized spacial score (nSPS) is 23.5. The van der Waals surface area contributed by atoms with E-state index in [0.29, 0.717) is 18.4 Å². The van der Waals surface area contributed by atoms with Gasteiger partial charge < -0.3 is 20.7 Å². The maximum absolute atomic E-state index is 12.0. The number of nitrogens with one attached hydrogen (secondary N) is 3. The zero-order chi connectivity index (χ0) is 20.5. The Hall–Kier alpha value is -2.24. The number of alkyl carbamates (subject to hydrolysis) is 1. The van der Waals surface area contributed by atoms with Crippen LogP contribution in [0, 0.1) is 11.8 Å². The topological polar surface area (TPSA) is 74.8 Å². The number of carbonyl (C=O) groups excluding carboxylic acids is 1. The van der Waals surface area contributed by atoms with Crippen molar-refractivity contribution in [2.75, 3.05) is 20.1 Å². The van der Waals surface area contributed by atoms with Crippen LogP contribution in [0.25, 0.3) is 0 Å². The molecular weight excluding hydrogens is 352 g/mol. The minimum atomic E-state index is -0.508. The van der Waals surface area contributed by atoms with Crippen LogP contribution in [0.4, 0.5) is 4.79 Å². The van der Waals surface area contributed by atoms with E-state index in [1.165, 1.54) is 17.5 Å². The Kier molecular flexibility index (Phi) is 5.60. The maximum atomic E-state index is 12.0. The van der Waals surface area contributed by atoms with Crippen LogP contribution in [-0.4, -0.2) is 43.3 Å². The number of carbonyl (C=O) groups is 1. The van der Waals surface area contributed by atoms with Crippen LogP contribution < -0.4 is 16.0 Å². The number of hydrogen-bond donors (Lipinski definition) is 3. The molecule has 28 heavy (non-hydrogen) atoms. The quantitative estimate of drug-likeness (QED) is 0.537. The minimum absolute atomic E-state index is 0.410. The van der Waals surface area contributed by atoms with Gasteiger partial charge in [0, 0.05) is 20.1 Å². The zero-order valence-electron chi connectivity index (χ0n) is 17.9. The second kappa shape index (κ2) is 7.64. The summed E-state index contributed by atoms with van der Waals surface area (Å²) in [5.74, 6) is 2.92. The molecule has 6 heteroatoms. The first kappa shape index (κ1) is 20.5. The van der Waals surface area contributed by atoms with Crippen molar-refractivity contribution in [2.24, 2.45) is 16.8 Å². The van der Waals surface area contributed by atoms with E-state index in [0.717, 1.165) is 18.4 Å². The zero-order valence-corrected chi connectivity index (χ0v) is 17.9. The van der Waals surface area contributed by atoms with Crippen LogP contribution in [0.15, 0.2) is 29.3 Å². The Morgan fingerprint density at radius 3 is 2.57 bits per heavy atom. The van der Waals surface area contributed by atoms with Crippen LogP contribution in [-0.2, 0) is 11.2 Å². The monoisotopic (exact) mass is 386 g/mol. The summed E-state index contributed by atoms with van der Waals surface area (Å²) in [5, 5.41) is 9.67. The van der Waals surface area contributed by atoms with Gasteiger partial charge in [0.15, 0.2) is 5.96 Å². The van der Waals surface area contributed by atoms with Gasteiger partial charge in [0.2, 0.25) is 0 Å². The molecule has 3 unspecified atom stereocenters. The average Bonchev–Trinajstić information content (AvgIpc) is 3.11. The van der Waals surface area contributed by atoms with Crippen molar-refractivity contribution in [2.45, 2.75) is 58.1 Å². The van der Waals surface area contributed by atoms with E-state index in [1.54, 1.807) is 7.05 Å². The second-order valence-corrected chi connectivity index (χ2v) is 9.57. The number of rotatable bonds is 5. The van der Waals surface area contributed by atoms with Crippen molar-refractivity contribution < 1.29 is 9.53 Å². The van der Waals surface area contributed by atoms with E-state index in [-0.39, 0.29) is 0 Å². The van der Waals surface area contributed by atoms with Gasteiger partial charge in [-0.1, -0.05) is 24.3 Å². The largest absolute Gasteiger partial charge is 0.444 e. The Labute approximate surface area is 168 Å². The standard InChI is InChI=1S/C22H34N4O2/c1-21(2,3)28-20(27)26-22(4,5)13-25-19(23-6)24-12-17-16-11-14-9-7-8-10-15(14)18(16)17/h7-10,16-18H,11-13H2,1-6H3,(H,26,27)(H2,23,24,25). The predicted octanol–water partition coefficient (Wildman–Crippen LogP) is 3.04. The molecule has 0 spiro atoms. The fraction of sp³-hybridized carbons (Fsp3) is 0.636. The van der Waals surface area contributed by atoms with Crippen molar-refractivity contribution >= 4 is 12.1 Å². The first-order valence-corrected chi connectivity index (χ1v) is 10.1. The van der Waals surface area contributed by atoms with Gasteiger partial charge in [-0.25, -0.2) is 4.79 Å². The number of fused-ring (bicyclic) bond motifs is 3. The molecule has 154 valence electrons. The summed E-state index contributed by atoms with van der Waals surface area (Å²) < 4.78 is 5.34. The first-order valence-electron chi connectivity index (χ1n) is 10.1. The third-order valence-corrected chi connectivity index (χ3v) is 5.47. The van der Waals surface area contributed by atoms with Crippen molar-refractivity contribution in [1.29, 1.82) is 0 Å². The van der Waals surface area contributed by atoms with Gasteiger partial charge in [0.25, 0.3) is 0 Å². The van der Waals surface area contributed by atoms with E-state index in [1.807, 2.05) is 34.6 Å². The number of aliphatic imine (C=N–C) groups is 1. The summed E-state index contributed by atoms with van der Waals surface area (Å²) >= 11 is 0. The smallest absolute Gasteiger partial charge is 0.408 e. The molecule has 1 aromatic carbocycles. The van der Waals surface area contributed by atoms with E-state index in [2.05, 4.69) is 45.2 Å². The van der Waals surface area contributed by atoms with Gasteiger partial charge >= 0.3 is 6.09 Å². The Morgan fingerprint density at radius 2 is 1.89 bits per heavy atom. The summed E-state index contributed by atoms with van der Waals surface area (Å²) in [5.41, 5.74) is 2.08. The molecule has 3 rings (SSSR count). The highest BCUT2D eigenvalue weighted by Crippen LogP contribution is 2.60. The molecule has 6 nitrogen and oxygen atoms in total. The predicted molar refractivity (Wildman–Crippen MR) is 113 cm³/mol. The molecule has 1 saturated carbocycles. The molecule has 0 bridgehead atoms. The van der Waals surface area contributed by atoms with Crippen LogP contribution in [0.3, 0.4) is 0 Å². The Balaban J connectivity index is 1.43. The molecule has 0 saturated heterocycles. The number of hydrogen-bond acceptors (Lipinski definition) is 3. The highest BCUT2D eigenvalue weighted by atomic mass is 16.6. The van der Waals surface area contributed by atoms with Crippen molar-refractivity contribution in [3.63, 3.8) is 0 Å². The summed E-state index contributed by atoms with van der Waals surface area (Å²) in [7, 11) is 1.77. The number of ether oxygens (including phenoxy) is 1. The lowest BCUT2D eigenvalue weighted by molar-refractivity contribution is 0.0474. The van der Waals surface area contributed by atoms with E-state index < -0.39 is 17.2 Å². The van der Waals surface area contributed by atoms with Gasteiger partial charge in [0.1, 0.15) is 5.60 Å². The fourth-order valence-corrected chi connectivity index (χ4v) is 4.13. The second-order valence-electron chi connectivity index (χ2n) is 9.57. The summed E-state index contributed by atoms with van der Waals surface area (Å²) in [6.45, 7) is 11.0. The molecule has 0 radical (unpaired) electrons. The van der Waals surface area contributed by atoms with Gasteiger partial charge in [-0.3, -0.25) is 4.99 Å². The summed E-state index contributed by atoms with van der Waals surface area (Å²) in [6, 6.07) is 8.81. The molecule has 1 amide bonds. The SMILES string of the molecule is CN=C(NCC1C2Cc3ccccc3C12)NCC(C)(C)NC(=O)OC(C)(C)C. The van der Waals surface area contributed by atoms with Gasteiger partial charge in [0.05, 0.1) is 5.54 Å². The lowest BCUT2D eigenvalue weighted by atomic mass is 10.0. The molecule has 0 aromatic heterocycles. The van der Waals surface area contributed by atoms with Crippen LogP contribution in [0.5, 0.6) is 0 Å². The minimum Gasteiger partial charge on any atom is -0.444 e. The third kappa shape index (κ3) is 4.97. The van der Waals surface area contributed by atoms with E-state index in [9.17, 15) is 4.79 Å². The molecular formula is C22H34N4O2. The first-order chi connectivity index (χ1) is 13.1. The molecule has 0 aliphatic heterocycles. The number of guanidine groups is 1. The van der Waals surface area contributed by atoms with Crippen molar-refractivity contribution in [3.8, 4) is 0 Å². The van der Waals surface area contributed by atoms with Crippen LogP contribution >= 0.6 is 0 Å². The average molecular weight is 387 g/mol.